The Kier molecular flexibility index (Phi) is 11.1. The minimum Gasteiger partial charge on any atom is -0.481 e. The van der Waals surface area contributed by atoms with Gasteiger partial charge in [-0.3, -0.25) is 14.4 Å². The quantitative estimate of drug-likeness (QED) is 0.305. The van der Waals surface area contributed by atoms with Crippen molar-refractivity contribution in [1.82, 2.24) is 0 Å². The van der Waals surface area contributed by atoms with Crippen LogP contribution in [0.2, 0.25) is 0 Å². The van der Waals surface area contributed by atoms with Gasteiger partial charge in [-0.05, 0) is 56.1 Å². The highest BCUT2D eigenvalue weighted by atomic mass is 16.7. The third kappa shape index (κ3) is 7.91. The SMILES string of the molecule is CO[C@@H]1C(COC(=O)CCC(=O)O)=CC2C(=O)O[C@H]3C[C@@H](C/C=C(\C)C[C@@H](C)/C=C/C=C4\CO[C@H]1[C@@]42O)O[C@@]1(CC[C@H](C)[C@@H](C)O1)C3. The van der Waals surface area contributed by atoms with E-state index in [0.29, 0.717) is 42.7 Å². The first kappa shape index (κ1) is 35.5. The molecule has 0 aromatic carbocycles. The van der Waals surface area contributed by atoms with E-state index in [-0.39, 0.29) is 44.2 Å². The number of fused-ring (bicyclic) bond motifs is 2. The van der Waals surface area contributed by atoms with Crippen molar-refractivity contribution < 1.29 is 53.0 Å². The van der Waals surface area contributed by atoms with E-state index in [1.807, 2.05) is 6.08 Å². The molecule has 1 aliphatic carbocycles. The van der Waals surface area contributed by atoms with Crippen molar-refractivity contribution in [1.29, 1.82) is 0 Å². The predicted octanol–water partition coefficient (Wildman–Crippen LogP) is 4.58. The number of esters is 2. The summed E-state index contributed by atoms with van der Waals surface area (Å²) in [5.74, 6) is -3.90. The topological polar surface area (TPSA) is 147 Å². The van der Waals surface area contributed by atoms with Crippen molar-refractivity contribution in [2.24, 2.45) is 17.8 Å². The van der Waals surface area contributed by atoms with Crippen molar-refractivity contribution in [2.45, 2.75) is 121 Å². The summed E-state index contributed by atoms with van der Waals surface area (Å²) >= 11 is 0. The van der Waals surface area contributed by atoms with E-state index in [0.717, 1.165) is 12.8 Å². The number of ether oxygens (including phenoxy) is 6. The van der Waals surface area contributed by atoms with E-state index in [2.05, 4.69) is 39.8 Å². The number of rotatable bonds is 6. The highest BCUT2D eigenvalue weighted by Gasteiger charge is 2.61. The van der Waals surface area contributed by atoms with E-state index in [1.165, 1.54) is 12.7 Å². The molecule has 2 bridgehead atoms. The molecule has 0 radical (unpaired) electrons. The molecule has 10 atom stereocenters. The van der Waals surface area contributed by atoms with Gasteiger partial charge in [0.1, 0.15) is 36.4 Å². The van der Waals surface area contributed by atoms with Gasteiger partial charge in [-0.1, -0.05) is 49.8 Å². The third-order valence-electron chi connectivity index (χ3n) is 10.3. The third-order valence-corrected chi connectivity index (χ3v) is 10.3. The van der Waals surface area contributed by atoms with Crippen molar-refractivity contribution in [3.05, 3.63) is 47.1 Å². The Morgan fingerprint density at radius 2 is 1.91 bits per heavy atom. The second kappa shape index (κ2) is 14.7. The Balaban J connectivity index is 1.50. The number of methoxy groups -OCH3 is 1. The molecule has 4 heterocycles. The maximum atomic E-state index is 14.3. The number of hydrogen-bond acceptors (Lipinski definition) is 10. The minimum atomic E-state index is -1.79. The summed E-state index contributed by atoms with van der Waals surface area (Å²) in [4.78, 5) is 37.5. The average molecular weight is 659 g/mol. The summed E-state index contributed by atoms with van der Waals surface area (Å²) < 4.78 is 36.7. The molecule has 5 rings (SSSR count). The number of allylic oxidation sites excluding steroid dienone is 4. The fraction of sp³-hybridized carbons (Fsp3) is 0.694. The van der Waals surface area contributed by atoms with Gasteiger partial charge in [0.25, 0.3) is 0 Å². The van der Waals surface area contributed by atoms with Crippen LogP contribution in [0.5, 0.6) is 0 Å². The van der Waals surface area contributed by atoms with Crippen molar-refractivity contribution >= 4 is 17.9 Å². The molecule has 0 saturated carbocycles. The lowest BCUT2D eigenvalue weighted by Crippen LogP contribution is -2.59. The summed E-state index contributed by atoms with van der Waals surface area (Å²) in [7, 11) is 1.46. The fourth-order valence-corrected chi connectivity index (χ4v) is 7.59. The number of carboxylic acids is 1. The van der Waals surface area contributed by atoms with Gasteiger partial charge in [-0.15, -0.1) is 0 Å². The predicted molar refractivity (Wildman–Crippen MR) is 170 cm³/mol. The number of aliphatic carboxylic acids is 1. The molecule has 3 fully saturated rings. The first-order valence-electron chi connectivity index (χ1n) is 16.9. The molecule has 0 aromatic heterocycles. The molecule has 260 valence electrons. The van der Waals surface area contributed by atoms with Crippen LogP contribution in [0.4, 0.5) is 0 Å². The average Bonchev–Trinajstić information content (AvgIpc) is 3.35. The molecule has 0 amide bonds. The van der Waals surface area contributed by atoms with Crippen LogP contribution in [-0.2, 0) is 42.8 Å². The van der Waals surface area contributed by atoms with Gasteiger partial charge in [0.15, 0.2) is 5.79 Å². The monoisotopic (exact) mass is 658 g/mol. The van der Waals surface area contributed by atoms with Crippen molar-refractivity contribution in [3.63, 3.8) is 0 Å². The van der Waals surface area contributed by atoms with Crippen molar-refractivity contribution in [2.75, 3.05) is 20.3 Å². The molecule has 1 spiro atoms. The smallest absolute Gasteiger partial charge is 0.316 e. The maximum absolute atomic E-state index is 14.3. The van der Waals surface area contributed by atoms with Crippen LogP contribution in [0.3, 0.4) is 0 Å². The minimum absolute atomic E-state index is 0.0144. The second-order valence-electron chi connectivity index (χ2n) is 14.0. The summed E-state index contributed by atoms with van der Waals surface area (Å²) in [6.07, 6.45) is 10.3. The molecule has 3 saturated heterocycles. The molecule has 1 unspecified atom stereocenters. The maximum Gasteiger partial charge on any atom is 0.316 e. The Morgan fingerprint density at radius 1 is 1.13 bits per heavy atom. The van der Waals surface area contributed by atoms with Gasteiger partial charge in [0.2, 0.25) is 0 Å². The van der Waals surface area contributed by atoms with Gasteiger partial charge in [-0.2, -0.15) is 0 Å². The molecule has 0 aromatic rings. The van der Waals surface area contributed by atoms with Crippen LogP contribution in [0, 0.1) is 17.8 Å². The van der Waals surface area contributed by atoms with Gasteiger partial charge in [0.05, 0.1) is 31.7 Å². The number of carboxylic acid groups (broad SMARTS) is 1. The van der Waals surface area contributed by atoms with Gasteiger partial charge < -0.3 is 38.6 Å². The highest BCUT2D eigenvalue weighted by molar-refractivity contribution is 5.79. The number of aliphatic hydroxyl groups is 1. The normalized spacial score (nSPS) is 42.2. The molecular weight excluding hydrogens is 608 g/mol. The summed E-state index contributed by atoms with van der Waals surface area (Å²) in [6, 6.07) is 0. The summed E-state index contributed by atoms with van der Waals surface area (Å²) in [6.45, 7) is 8.27. The molecule has 2 N–H and O–H groups in total. The van der Waals surface area contributed by atoms with Crippen LogP contribution in [0.25, 0.3) is 0 Å². The lowest BCUT2D eigenvalue weighted by Gasteiger charge is -2.49. The Hall–Kier alpha value is -2.83. The summed E-state index contributed by atoms with van der Waals surface area (Å²) in [5.41, 5.74) is 0.392. The number of carbonyl (C=O) groups is 3. The van der Waals surface area contributed by atoms with E-state index in [1.54, 1.807) is 12.2 Å². The molecule has 47 heavy (non-hydrogen) atoms. The summed E-state index contributed by atoms with van der Waals surface area (Å²) in [5, 5.41) is 21.4. The molecular formula is C36H50O11. The first-order valence-corrected chi connectivity index (χ1v) is 16.9. The van der Waals surface area contributed by atoms with E-state index >= 15 is 0 Å². The number of carbonyl (C=O) groups excluding carboxylic acids is 2. The molecule has 4 aliphatic heterocycles. The Morgan fingerprint density at radius 3 is 2.64 bits per heavy atom. The van der Waals surface area contributed by atoms with Crippen LogP contribution in [-0.4, -0.2) is 90.4 Å². The van der Waals surface area contributed by atoms with E-state index in [9.17, 15) is 19.5 Å². The molecule has 11 nitrogen and oxygen atoms in total. The zero-order valence-electron chi connectivity index (χ0n) is 28.1. The lowest BCUT2D eigenvalue weighted by atomic mass is 9.70. The van der Waals surface area contributed by atoms with Crippen LogP contribution >= 0.6 is 0 Å². The van der Waals surface area contributed by atoms with Gasteiger partial charge in [-0.25, -0.2) is 0 Å². The molecule has 5 aliphatic rings. The highest BCUT2D eigenvalue weighted by Crippen LogP contribution is 2.48. The molecule has 11 heteroatoms. The van der Waals surface area contributed by atoms with Crippen LogP contribution in [0.15, 0.2) is 47.1 Å². The largest absolute Gasteiger partial charge is 0.481 e. The fourth-order valence-electron chi connectivity index (χ4n) is 7.59. The Bertz CT molecular complexity index is 1320. The Labute approximate surface area is 276 Å². The lowest BCUT2D eigenvalue weighted by molar-refractivity contribution is -0.332. The number of hydrogen-bond donors (Lipinski definition) is 2. The van der Waals surface area contributed by atoms with E-state index < -0.39 is 53.5 Å². The zero-order chi connectivity index (χ0) is 33.9. The van der Waals surface area contributed by atoms with Gasteiger partial charge in [0, 0.05) is 26.4 Å². The van der Waals surface area contributed by atoms with E-state index in [4.69, 9.17) is 33.5 Å². The van der Waals surface area contributed by atoms with Gasteiger partial charge >= 0.3 is 17.9 Å². The van der Waals surface area contributed by atoms with Crippen LogP contribution in [0.1, 0.15) is 79.1 Å². The standard InChI is InChI=1S/C36H50O11/c1-21-7-6-8-26-20-44-33-32(42-5)25(19-43-31(39)12-11-30(37)38)16-29(36(26,33)41)34(40)45-28-17-27(10-9-22(2)15-21)47-35(18-28)14-13-23(3)24(4)46-35/h6-9,16,21,23-24,27-29,32-33,41H,10-15,17-20H2,1-5H3,(H,37,38)/b7-6+,22-9+,26-8+/t21-,23-,24+,27+,28-,29?,32+,33+,35-,36+/m0/s1. The zero-order valence-corrected chi connectivity index (χ0v) is 28.1. The van der Waals surface area contributed by atoms with Crippen LogP contribution < -0.4 is 0 Å². The first-order chi connectivity index (χ1) is 22.3. The second-order valence-corrected chi connectivity index (χ2v) is 14.0. The van der Waals surface area contributed by atoms with Crippen molar-refractivity contribution in [3.8, 4) is 0 Å².